The second-order valence-electron chi connectivity index (χ2n) is 9.97. The smallest absolute Gasteiger partial charge is 0.241 e. The van der Waals surface area contributed by atoms with Gasteiger partial charge in [0.15, 0.2) is 0 Å². The Kier molecular flexibility index (Phi) is 8.74. The van der Waals surface area contributed by atoms with Gasteiger partial charge in [-0.3, -0.25) is 9.69 Å². The van der Waals surface area contributed by atoms with Crippen molar-refractivity contribution in [2.24, 2.45) is 5.92 Å². The monoisotopic (exact) mass is 466 g/mol. The average molecular weight is 467 g/mol. The number of likely N-dealkylation sites (tertiary alicyclic amines) is 1. The molecule has 2 aromatic rings. The number of benzene rings is 2. The number of nitrogens with zero attached hydrogens (tertiary/aromatic N) is 2. The summed E-state index contributed by atoms with van der Waals surface area (Å²) in [6.07, 6.45) is 6.38. The molecule has 0 radical (unpaired) electrons. The first-order valence-electron chi connectivity index (χ1n) is 13.0. The number of carbonyl (C=O) groups excluding carboxylic acids is 1. The van der Waals surface area contributed by atoms with Crippen LogP contribution in [-0.4, -0.2) is 50.2 Å². The molecule has 184 valence electrons. The predicted molar refractivity (Wildman–Crippen MR) is 136 cm³/mol. The third kappa shape index (κ3) is 6.25. The van der Waals surface area contributed by atoms with Crippen molar-refractivity contribution >= 4 is 11.6 Å². The van der Waals surface area contributed by atoms with E-state index in [1.54, 1.807) is 0 Å². The summed E-state index contributed by atoms with van der Waals surface area (Å²) in [4.78, 5) is 17.9. The number of anilines is 1. The lowest BCUT2D eigenvalue weighted by atomic mass is 9.87. The SMILES string of the molecule is CCCOCCC1CCN(CC(=O)N2CCCC(c3ccc(F)cc3)c3ccc(C)cc32)CC1. The highest BCUT2D eigenvalue weighted by atomic mass is 19.1. The van der Waals surface area contributed by atoms with Gasteiger partial charge in [0.1, 0.15) is 5.82 Å². The number of hydrogen-bond acceptors (Lipinski definition) is 3. The fourth-order valence-corrected chi connectivity index (χ4v) is 5.42. The van der Waals surface area contributed by atoms with E-state index in [4.69, 9.17) is 4.74 Å². The summed E-state index contributed by atoms with van der Waals surface area (Å²) in [7, 11) is 0. The summed E-state index contributed by atoms with van der Waals surface area (Å²) in [6, 6.07) is 13.3. The molecule has 4 nitrogen and oxygen atoms in total. The molecule has 4 rings (SSSR count). The molecule has 0 saturated carbocycles. The van der Waals surface area contributed by atoms with E-state index in [-0.39, 0.29) is 17.6 Å². The van der Waals surface area contributed by atoms with Crippen LogP contribution in [-0.2, 0) is 9.53 Å². The lowest BCUT2D eigenvalue weighted by molar-refractivity contribution is -0.120. The van der Waals surface area contributed by atoms with Crippen molar-refractivity contribution in [3.05, 3.63) is 65.0 Å². The Bertz CT molecular complexity index is 938. The van der Waals surface area contributed by atoms with Crippen molar-refractivity contribution in [2.45, 2.75) is 58.3 Å². The molecule has 1 atom stereocenters. The lowest BCUT2D eigenvalue weighted by Crippen LogP contribution is -2.44. The molecule has 0 aromatic heterocycles. The first-order chi connectivity index (χ1) is 16.5. The number of ether oxygens (including phenoxy) is 1. The second-order valence-corrected chi connectivity index (χ2v) is 9.97. The predicted octanol–water partition coefficient (Wildman–Crippen LogP) is 5.92. The Labute approximate surface area is 204 Å². The van der Waals surface area contributed by atoms with Gasteiger partial charge in [0.25, 0.3) is 0 Å². The van der Waals surface area contributed by atoms with Crippen LogP contribution in [0.15, 0.2) is 42.5 Å². The summed E-state index contributed by atoms with van der Waals surface area (Å²) in [6.45, 7) is 9.11. The van der Waals surface area contributed by atoms with Gasteiger partial charge in [0.2, 0.25) is 5.91 Å². The van der Waals surface area contributed by atoms with E-state index in [9.17, 15) is 9.18 Å². The number of amides is 1. The summed E-state index contributed by atoms with van der Waals surface area (Å²) in [5.74, 6) is 0.868. The first kappa shape index (κ1) is 24.9. The number of aryl methyl sites for hydroxylation is 1. The fraction of sp³-hybridized carbons (Fsp3) is 0.552. The molecule has 5 heteroatoms. The molecule has 0 aliphatic carbocycles. The van der Waals surface area contributed by atoms with E-state index in [2.05, 4.69) is 36.9 Å². The minimum Gasteiger partial charge on any atom is -0.381 e. The molecule has 0 bridgehead atoms. The van der Waals surface area contributed by atoms with Crippen LogP contribution >= 0.6 is 0 Å². The molecule has 1 unspecified atom stereocenters. The molecule has 1 saturated heterocycles. The normalized spacial score (nSPS) is 19.6. The number of fused-ring (bicyclic) bond motifs is 1. The van der Waals surface area contributed by atoms with Gasteiger partial charge in [-0.25, -0.2) is 4.39 Å². The van der Waals surface area contributed by atoms with Crippen LogP contribution in [0.3, 0.4) is 0 Å². The molecular weight excluding hydrogens is 427 g/mol. The standard InChI is InChI=1S/C29H39FN2O2/c1-3-18-34-19-14-23-12-16-31(17-13-23)21-29(33)32-15-4-5-26(24-7-9-25(30)10-8-24)27-11-6-22(2)20-28(27)32/h6-11,20,23,26H,3-5,12-19,21H2,1-2H3. The van der Waals surface area contributed by atoms with Crippen LogP contribution in [0.4, 0.5) is 10.1 Å². The van der Waals surface area contributed by atoms with Gasteiger partial charge in [-0.05, 0) is 99.3 Å². The molecule has 0 N–H and O–H groups in total. The number of rotatable bonds is 8. The maximum atomic E-state index is 13.5. The van der Waals surface area contributed by atoms with E-state index >= 15 is 0 Å². The van der Waals surface area contributed by atoms with Gasteiger partial charge in [0, 0.05) is 31.4 Å². The van der Waals surface area contributed by atoms with Crippen LogP contribution in [0.1, 0.15) is 68.1 Å². The molecule has 1 amide bonds. The molecule has 2 aliphatic heterocycles. The zero-order chi connectivity index (χ0) is 23.9. The molecule has 2 aromatic carbocycles. The van der Waals surface area contributed by atoms with Crippen molar-refractivity contribution in [2.75, 3.05) is 44.3 Å². The van der Waals surface area contributed by atoms with Crippen LogP contribution in [0.25, 0.3) is 0 Å². The molecule has 34 heavy (non-hydrogen) atoms. The molecular formula is C29H39FN2O2. The van der Waals surface area contributed by atoms with E-state index < -0.39 is 0 Å². The van der Waals surface area contributed by atoms with Crippen molar-refractivity contribution in [1.82, 2.24) is 4.90 Å². The number of halogens is 1. The van der Waals surface area contributed by atoms with E-state index in [1.165, 1.54) is 17.7 Å². The second kappa shape index (κ2) is 11.9. The molecule has 2 heterocycles. The lowest BCUT2D eigenvalue weighted by Gasteiger charge is -2.33. The Balaban J connectivity index is 1.42. The van der Waals surface area contributed by atoms with Crippen LogP contribution < -0.4 is 4.90 Å². The summed E-state index contributed by atoms with van der Waals surface area (Å²) >= 11 is 0. The average Bonchev–Trinajstić information content (AvgIpc) is 3.03. The fourth-order valence-electron chi connectivity index (χ4n) is 5.42. The number of hydrogen-bond donors (Lipinski definition) is 0. The van der Waals surface area contributed by atoms with Gasteiger partial charge in [-0.15, -0.1) is 0 Å². The van der Waals surface area contributed by atoms with Gasteiger partial charge in [-0.1, -0.05) is 31.2 Å². The number of piperidine rings is 1. The van der Waals surface area contributed by atoms with Gasteiger partial charge in [0.05, 0.1) is 6.54 Å². The Morgan fingerprint density at radius 1 is 1.03 bits per heavy atom. The third-order valence-corrected chi connectivity index (χ3v) is 7.39. The van der Waals surface area contributed by atoms with Crippen LogP contribution in [0.5, 0.6) is 0 Å². The van der Waals surface area contributed by atoms with E-state index in [0.717, 1.165) is 88.2 Å². The van der Waals surface area contributed by atoms with Gasteiger partial charge in [-0.2, -0.15) is 0 Å². The Hall–Kier alpha value is -2.24. The summed E-state index contributed by atoms with van der Waals surface area (Å²) in [5, 5.41) is 0. The van der Waals surface area contributed by atoms with Crippen molar-refractivity contribution in [3.8, 4) is 0 Å². The maximum absolute atomic E-state index is 13.5. The summed E-state index contributed by atoms with van der Waals surface area (Å²) < 4.78 is 19.2. The highest BCUT2D eigenvalue weighted by Gasteiger charge is 2.29. The minimum atomic E-state index is -0.212. The maximum Gasteiger partial charge on any atom is 0.241 e. The van der Waals surface area contributed by atoms with Gasteiger partial charge >= 0.3 is 0 Å². The zero-order valence-corrected chi connectivity index (χ0v) is 20.8. The Morgan fingerprint density at radius 2 is 1.79 bits per heavy atom. The largest absolute Gasteiger partial charge is 0.381 e. The molecule has 1 fully saturated rings. The van der Waals surface area contributed by atoms with E-state index in [0.29, 0.717) is 12.5 Å². The van der Waals surface area contributed by atoms with Crippen molar-refractivity contribution < 1.29 is 13.9 Å². The first-order valence-corrected chi connectivity index (χ1v) is 13.0. The minimum absolute atomic E-state index is 0.180. The highest BCUT2D eigenvalue weighted by molar-refractivity contribution is 5.96. The van der Waals surface area contributed by atoms with Crippen LogP contribution in [0, 0.1) is 18.7 Å². The van der Waals surface area contributed by atoms with E-state index in [1.807, 2.05) is 17.0 Å². The van der Waals surface area contributed by atoms with Gasteiger partial charge < -0.3 is 9.64 Å². The topological polar surface area (TPSA) is 32.8 Å². The quantitative estimate of drug-likeness (QED) is 0.453. The number of carbonyl (C=O) groups is 1. The molecule has 2 aliphatic rings. The van der Waals surface area contributed by atoms with Crippen LogP contribution in [0.2, 0.25) is 0 Å². The Morgan fingerprint density at radius 3 is 2.53 bits per heavy atom. The third-order valence-electron chi connectivity index (χ3n) is 7.39. The van der Waals surface area contributed by atoms with Crippen molar-refractivity contribution in [1.29, 1.82) is 0 Å². The zero-order valence-electron chi connectivity index (χ0n) is 20.8. The van der Waals surface area contributed by atoms with Crippen molar-refractivity contribution in [3.63, 3.8) is 0 Å². The highest BCUT2D eigenvalue weighted by Crippen LogP contribution is 2.39. The summed E-state index contributed by atoms with van der Waals surface area (Å²) in [5.41, 5.74) is 4.47. The molecule has 0 spiro atoms.